The quantitative estimate of drug-likeness (QED) is 0.791. The Hall–Kier alpha value is -1.40. The van der Waals surface area contributed by atoms with Crippen molar-refractivity contribution in [3.05, 3.63) is 41.8 Å². The third-order valence-electron chi connectivity index (χ3n) is 2.75. The van der Waals surface area contributed by atoms with Crippen molar-refractivity contribution in [1.29, 1.82) is 0 Å². The highest BCUT2D eigenvalue weighted by Crippen LogP contribution is 2.24. The molecule has 2 rings (SSSR count). The van der Waals surface area contributed by atoms with E-state index in [2.05, 4.69) is 22.4 Å². The van der Waals surface area contributed by atoms with Crippen molar-refractivity contribution in [1.82, 2.24) is 15.5 Å². The lowest BCUT2D eigenvalue weighted by molar-refractivity contribution is 0.337. The van der Waals surface area contributed by atoms with Gasteiger partial charge in [-0.15, -0.1) is 11.8 Å². The number of aromatic nitrogens is 2. The fourth-order valence-corrected chi connectivity index (χ4v) is 2.44. The third-order valence-corrected chi connectivity index (χ3v) is 3.79. The van der Waals surface area contributed by atoms with Crippen LogP contribution in [0.3, 0.4) is 0 Å². The molecule has 0 radical (unpaired) electrons. The van der Waals surface area contributed by atoms with Gasteiger partial charge in [-0.25, -0.2) is 4.39 Å². The molecule has 6 heteroatoms. The van der Waals surface area contributed by atoms with E-state index in [0.717, 1.165) is 13.0 Å². The zero-order valence-electron chi connectivity index (χ0n) is 11.6. The van der Waals surface area contributed by atoms with E-state index in [4.69, 9.17) is 4.52 Å². The predicted molar refractivity (Wildman–Crippen MR) is 77.0 cm³/mol. The van der Waals surface area contributed by atoms with E-state index in [0.29, 0.717) is 22.4 Å². The molecule has 0 amide bonds. The topological polar surface area (TPSA) is 51.0 Å². The van der Waals surface area contributed by atoms with Gasteiger partial charge in [0.15, 0.2) is 5.82 Å². The van der Waals surface area contributed by atoms with Crippen LogP contribution in [0.1, 0.15) is 38.0 Å². The largest absolute Gasteiger partial charge is 0.338 e. The first-order valence-corrected chi connectivity index (χ1v) is 7.62. The third kappa shape index (κ3) is 4.05. The summed E-state index contributed by atoms with van der Waals surface area (Å²) in [5.74, 6) is 1.42. The SMILES string of the molecule is CCCNC(C)c1nc(CSc2ccccc2F)no1. The van der Waals surface area contributed by atoms with Crippen LogP contribution in [0.25, 0.3) is 0 Å². The van der Waals surface area contributed by atoms with Gasteiger partial charge in [-0.2, -0.15) is 4.98 Å². The fraction of sp³-hybridized carbons (Fsp3) is 0.429. The number of thioether (sulfide) groups is 1. The molecule has 0 saturated heterocycles. The lowest BCUT2D eigenvalue weighted by atomic mass is 10.3. The monoisotopic (exact) mass is 295 g/mol. The Balaban J connectivity index is 1.91. The highest BCUT2D eigenvalue weighted by molar-refractivity contribution is 7.98. The minimum absolute atomic E-state index is 0.0367. The van der Waals surface area contributed by atoms with Crippen LogP contribution in [0.15, 0.2) is 33.7 Å². The minimum Gasteiger partial charge on any atom is -0.338 e. The molecule has 0 saturated carbocycles. The van der Waals surface area contributed by atoms with Crippen LogP contribution < -0.4 is 5.32 Å². The maximum Gasteiger partial charge on any atom is 0.243 e. The molecule has 0 aliphatic rings. The molecule has 1 unspecified atom stereocenters. The van der Waals surface area contributed by atoms with E-state index in [9.17, 15) is 4.39 Å². The van der Waals surface area contributed by atoms with E-state index >= 15 is 0 Å². The standard InChI is InChI=1S/C14H18FN3OS/c1-3-8-16-10(2)14-17-13(18-19-14)9-20-12-7-5-4-6-11(12)15/h4-7,10,16H,3,8-9H2,1-2H3. The smallest absolute Gasteiger partial charge is 0.243 e. The first-order valence-electron chi connectivity index (χ1n) is 6.64. The Morgan fingerprint density at radius 2 is 2.20 bits per heavy atom. The molecule has 1 heterocycles. The number of benzene rings is 1. The lowest BCUT2D eigenvalue weighted by Crippen LogP contribution is -2.19. The van der Waals surface area contributed by atoms with E-state index in [1.165, 1.54) is 17.8 Å². The molecule has 1 N–H and O–H groups in total. The molecule has 2 aromatic rings. The summed E-state index contributed by atoms with van der Waals surface area (Å²) in [6.45, 7) is 4.99. The summed E-state index contributed by atoms with van der Waals surface area (Å²) in [7, 11) is 0. The van der Waals surface area contributed by atoms with Gasteiger partial charge in [-0.3, -0.25) is 0 Å². The molecule has 0 aliphatic carbocycles. The van der Waals surface area contributed by atoms with Crippen LogP contribution >= 0.6 is 11.8 Å². The van der Waals surface area contributed by atoms with Gasteiger partial charge in [-0.05, 0) is 32.0 Å². The van der Waals surface area contributed by atoms with Gasteiger partial charge in [0.2, 0.25) is 5.89 Å². The fourth-order valence-electron chi connectivity index (χ4n) is 1.65. The van der Waals surface area contributed by atoms with Crippen LogP contribution in [0.4, 0.5) is 4.39 Å². The van der Waals surface area contributed by atoms with Gasteiger partial charge < -0.3 is 9.84 Å². The van der Waals surface area contributed by atoms with Crippen LogP contribution in [0.2, 0.25) is 0 Å². The zero-order valence-corrected chi connectivity index (χ0v) is 12.4. The van der Waals surface area contributed by atoms with Crippen LogP contribution in [0.5, 0.6) is 0 Å². The number of hydrogen-bond acceptors (Lipinski definition) is 5. The molecule has 108 valence electrons. The van der Waals surface area contributed by atoms with Crippen molar-refractivity contribution in [2.24, 2.45) is 0 Å². The first-order chi connectivity index (χ1) is 9.70. The van der Waals surface area contributed by atoms with Crippen molar-refractivity contribution in [2.45, 2.75) is 37.0 Å². The lowest BCUT2D eigenvalue weighted by Gasteiger charge is -2.06. The summed E-state index contributed by atoms with van der Waals surface area (Å²) in [5.41, 5.74) is 0. The second-order valence-electron chi connectivity index (χ2n) is 4.44. The van der Waals surface area contributed by atoms with Crippen molar-refractivity contribution in [3.63, 3.8) is 0 Å². The molecule has 0 aliphatic heterocycles. The van der Waals surface area contributed by atoms with E-state index in [-0.39, 0.29) is 11.9 Å². The van der Waals surface area contributed by atoms with Crippen molar-refractivity contribution < 1.29 is 8.91 Å². The van der Waals surface area contributed by atoms with Crippen LogP contribution in [0, 0.1) is 5.82 Å². The molecule has 0 spiro atoms. The average Bonchev–Trinajstić information content (AvgIpc) is 2.93. The molecule has 1 aromatic heterocycles. The number of halogens is 1. The predicted octanol–water partition coefficient (Wildman–Crippen LogP) is 3.56. The first kappa shape index (κ1) is 15.0. The van der Waals surface area contributed by atoms with E-state index < -0.39 is 0 Å². The number of rotatable bonds is 7. The Morgan fingerprint density at radius 3 is 2.95 bits per heavy atom. The summed E-state index contributed by atoms with van der Waals surface area (Å²) in [6, 6.07) is 6.71. The van der Waals surface area contributed by atoms with Crippen molar-refractivity contribution >= 4 is 11.8 Å². The van der Waals surface area contributed by atoms with E-state index in [1.54, 1.807) is 12.1 Å². The van der Waals surface area contributed by atoms with Gasteiger partial charge in [0.05, 0.1) is 11.8 Å². The molecule has 0 fully saturated rings. The van der Waals surface area contributed by atoms with E-state index in [1.807, 2.05) is 13.0 Å². The van der Waals surface area contributed by atoms with Crippen LogP contribution in [-0.4, -0.2) is 16.7 Å². The Labute approximate surface area is 122 Å². The molecule has 1 atom stereocenters. The Bertz CT molecular complexity index is 547. The number of nitrogens with one attached hydrogen (secondary N) is 1. The summed E-state index contributed by atoms with van der Waals surface area (Å²) in [5, 5.41) is 7.20. The maximum atomic E-state index is 13.5. The zero-order chi connectivity index (χ0) is 14.4. The average molecular weight is 295 g/mol. The molecule has 4 nitrogen and oxygen atoms in total. The minimum atomic E-state index is -0.223. The highest BCUT2D eigenvalue weighted by atomic mass is 32.2. The normalized spacial score (nSPS) is 12.6. The molecular weight excluding hydrogens is 277 g/mol. The van der Waals surface area contributed by atoms with Gasteiger partial charge in [-0.1, -0.05) is 24.2 Å². The summed E-state index contributed by atoms with van der Waals surface area (Å²) in [6.07, 6.45) is 1.05. The number of nitrogens with zero attached hydrogens (tertiary/aromatic N) is 2. The summed E-state index contributed by atoms with van der Waals surface area (Å²) in [4.78, 5) is 4.92. The molecule has 0 bridgehead atoms. The summed E-state index contributed by atoms with van der Waals surface area (Å²) >= 11 is 1.36. The number of hydrogen-bond donors (Lipinski definition) is 1. The molecular formula is C14H18FN3OS. The second kappa shape index (κ2) is 7.40. The Kier molecular flexibility index (Phi) is 5.55. The van der Waals surface area contributed by atoms with Gasteiger partial charge in [0.25, 0.3) is 0 Å². The summed E-state index contributed by atoms with van der Waals surface area (Å²) < 4.78 is 18.7. The second-order valence-corrected chi connectivity index (χ2v) is 5.46. The van der Waals surface area contributed by atoms with Crippen molar-refractivity contribution in [2.75, 3.05) is 6.54 Å². The van der Waals surface area contributed by atoms with Crippen molar-refractivity contribution in [3.8, 4) is 0 Å². The Morgan fingerprint density at radius 1 is 1.40 bits per heavy atom. The molecule has 1 aromatic carbocycles. The molecule has 20 heavy (non-hydrogen) atoms. The van der Waals surface area contributed by atoms with Gasteiger partial charge >= 0.3 is 0 Å². The van der Waals surface area contributed by atoms with Gasteiger partial charge in [0, 0.05) is 4.90 Å². The highest BCUT2D eigenvalue weighted by Gasteiger charge is 2.13. The van der Waals surface area contributed by atoms with Gasteiger partial charge in [0.1, 0.15) is 5.82 Å². The maximum absolute atomic E-state index is 13.5. The van der Waals surface area contributed by atoms with Crippen LogP contribution in [-0.2, 0) is 5.75 Å².